The predicted octanol–water partition coefficient (Wildman–Crippen LogP) is 5.37. The maximum absolute atomic E-state index is 13.2. The van der Waals surface area contributed by atoms with Gasteiger partial charge in [-0.1, -0.05) is 60.7 Å². The lowest BCUT2D eigenvalue weighted by atomic mass is 9.95. The molecule has 3 aromatic rings. The van der Waals surface area contributed by atoms with Crippen molar-refractivity contribution in [3.63, 3.8) is 0 Å². The van der Waals surface area contributed by atoms with Crippen LogP contribution in [0.25, 0.3) is 0 Å². The molecule has 0 radical (unpaired) electrons. The summed E-state index contributed by atoms with van der Waals surface area (Å²) < 4.78 is 5.57. The van der Waals surface area contributed by atoms with Gasteiger partial charge < -0.3 is 20.1 Å². The van der Waals surface area contributed by atoms with Crippen molar-refractivity contribution in [1.29, 1.82) is 0 Å². The second-order valence-corrected chi connectivity index (χ2v) is 9.76. The molecular formula is C30H34N2O4. The van der Waals surface area contributed by atoms with Crippen molar-refractivity contribution in [2.45, 2.75) is 51.2 Å². The van der Waals surface area contributed by atoms with Crippen molar-refractivity contribution in [1.82, 2.24) is 5.32 Å². The van der Waals surface area contributed by atoms with Gasteiger partial charge in [0.15, 0.2) is 5.60 Å². The highest BCUT2D eigenvalue weighted by Crippen LogP contribution is 2.32. The summed E-state index contributed by atoms with van der Waals surface area (Å²) in [5.74, 6) is -0.677. The average molecular weight is 487 g/mol. The molecule has 6 heteroatoms. The van der Waals surface area contributed by atoms with Gasteiger partial charge in [-0.15, -0.1) is 0 Å². The number of rotatable bonds is 9. The van der Waals surface area contributed by atoms with E-state index in [1.165, 1.54) is 38.8 Å². The lowest BCUT2D eigenvalue weighted by Crippen LogP contribution is -2.37. The minimum Gasteiger partial charge on any atom is -0.478 e. The summed E-state index contributed by atoms with van der Waals surface area (Å²) >= 11 is 0. The Morgan fingerprint density at radius 2 is 1.56 bits per heavy atom. The quantitative estimate of drug-likeness (QED) is 0.425. The number of hydrogen-bond donors (Lipinski definition) is 2. The topological polar surface area (TPSA) is 78.9 Å². The number of carbonyl (C=O) groups excluding carboxylic acids is 1. The van der Waals surface area contributed by atoms with Crippen LogP contribution in [0.1, 0.15) is 55.8 Å². The van der Waals surface area contributed by atoms with Crippen molar-refractivity contribution in [3.8, 4) is 5.75 Å². The van der Waals surface area contributed by atoms with Gasteiger partial charge in [-0.05, 0) is 62.4 Å². The third-order valence-corrected chi connectivity index (χ3v) is 6.56. The highest BCUT2D eigenvalue weighted by molar-refractivity contribution is 5.80. The number of hydrogen-bond acceptors (Lipinski definition) is 4. The molecule has 36 heavy (non-hydrogen) atoms. The van der Waals surface area contributed by atoms with Crippen LogP contribution in [0, 0.1) is 0 Å². The molecule has 2 N–H and O–H groups in total. The van der Waals surface area contributed by atoms with Crippen LogP contribution in [0.5, 0.6) is 5.75 Å². The fraction of sp³-hybridized carbons (Fsp3) is 0.333. The molecule has 1 atom stereocenters. The maximum atomic E-state index is 13.2. The maximum Gasteiger partial charge on any atom is 0.347 e. The predicted molar refractivity (Wildman–Crippen MR) is 141 cm³/mol. The van der Waals surface area contributed by atoms with Crippen LogP contribution < -0.4 is 15.0 Å². The van der Waals surface area contributed by atoms with Crippen LogP contribution in [0.2, 0.25) is 0 Å². The van der Waals surface area contributed by atoms with Gasteiger partial charge in [0.1, 0.15) is 5.75 Å². The number of carboxylic acid groups (broad SMARTS) is 1. The number of nitrogens with zero attached hydrogens (tertiary/aromatic N) is 1. The van der Waals surface area contributed by atoms with Crippen molar-refractivity contribution in [2.75, 3.05) is 18.0 Å². The Hall–Kier alpha value is -3.80. The van der Waals surface area contributed by atoms with Crippen LogP contribution in [0.3, 0.4) is 0 Å². The van der Waals surface area contributed by atoms with Gasteiger partial charge in [-0.3, -0.25) is 4.79 Å². The Balaban J connectivity index is 1.53. The lowest BCUT2D eigenvalue weighted by Gasteiger charge is -2.33. The molecule has 0 saturated carbocycles. The molecule has 0 aliphatic carbocycles. The number of ether oxygens (including phenoxy) is 1. The number of carbonyl (C=O) groups is 2. The smallest absolute Gasteiger partial charge is 0.347 e. The number of anilines is 1. The Morgan fingerprint density at radius 1 is 0.917 bits per heavy atom. The Bertz CT molecular complexity index is 1170. The standard InChI is InChI=1S/C30H34N2O4/c1-30(2,29(34)35)36-24-17-15-22(16-18-24)21-27(33)31-28(23-11-5-3-6-12-23)25-13-7-8-14-26(25)32-19-9-4-10-20-32/h3,5-8,11-18,28H,4,9-10,19-21H2,1-2H3,(H,31,33)(H,34,35). The molecule has 1 heterocycles. The van der Waals surface area contributed by atoms with Crippen LogP contribution in [-0.2, 0) is 16.0 Å². The van der Waals surface area contributed by atoms with Gasteiger partial charge in [-0.2, -0.15) is 0 Å². The van der Waals surface area contributed by atoms with Gasteiger partial charge in [0.25, 0.3) is 0 Å². The molecule has 1 fully saturated rings. The van der Waals surface area contributed by atoms with Gasteiger partial charge >= 0.3 is 5.97 Å². The second kappa shape index (κ2) is 11.3. The van der Waals surface area contributed by atoms with E-state index in [-0.39, 0.29) is 18.4 Å². The Kier molecular flexibility index (Phi) is 7.93. The SMILES string of the molecule is CC(C)(Oc1ccc(CC(=O)NC(c2ccccc2)c2ccccc2N2CCCCC2)cc1)C(=O)O. The van der Waals surface area contributed by atoms with E-state index in [0.29, 0.717) is 5.75 Å². The molecule has 0 bridgehead atoms. The number of aliphatic carboxylic acids is 1. The Morgan fingerprint density at radius 3 is 2.22 bits per heavy atom. The van der Waals surface area contributed by atoms with E-state index < -0.39 is 11.6 Å². The summed E-state index contributed by atoms with van der Waals surface area (Å²) in [6, 6.07) is 25.2. The minimum atomic E-state index is -1.33. The lowest BCUT2D eigenvalue weighted by molar-refractivity contribution is -0.152. The number of amides is 1. The van der Waals surface area contributed by atoms with Gasteiger partial charge in [0, 0.05) is 24.3 Å². The third kappa shape index (κ3) is 6.25. The zero-order valence-corrected chi connectivity index (χ0v) is 20.9. The van der Waals surface area contributed by atoms with E-state index in [4.69, 9.17) is 4.74 Å². The first kappa shape index (κ1) is 25.3. The summed E-state index contributed by atoms with van der Waals surface area (Å²) in [4.78, 5) is 27.0. The number of nitrogens with one attached hydrogen (secondary N) is 1. The van der Waals surface area contributed by atoms with Crippen LogP contribution in [0.4, 0.5) is 5.69 Å². The van der Waals surface area contributed by atoms with E-state index in [9.17, 15) is 14.7 Å². The average Bonchev–Trinajstić information content (AvgIpc) is 2.89. The van der Waals surface area contributed by atoms with Crippen LogP contribution in [-0.4, -0.2) is 35.7 Å². The summed E-state index contributed by atoms with van der Waals surface area (Å²) in [7, 11) is 0. The summed E-state index contributed by atoms with van der Waals surface area (Å²) in [6.07, 6.45) is 3.83. The molecule has 3 aromatic carbocycles. The van der Waals surface area contributed by atoms with E-state index in [1.54, 1.807) is 24.3 Å². The van der Waals surface area contributed by atoms with Gasteiger partial charge in [-0.25, -0.2) is 4.79 Å². The monoisotopic (exact) mass is 486 g/mol. The van der Waals surface area contributed by atoms with Gasteiger partial charge in [0.05, 0.1) is 12.5 Å². The first-order valence-corrected chi connectivity index (χ1v) is 12.5. The molecule has 6 nitrogen and oxygen atoms in total. The second-order valence-electron chi connectivity index (χ2n) is 9.76. The molecule has 1 unspecified atom stereocenters. The molecule has 1 aliphatic rings. The zero-order valence-electron chi connectivity index (χ0n) is 20.9. The normalized spacial score (nSPS) is 14.7. The number of benzene rings is 3. The fourth-order valence-electron chi connectivity index (χ4n) is 4.55. The summed E-state index contributed by atoms with van der Waals surface area (Å²) in [6.45, 7) is 5.06. The van der Waals surface area contributed by atoms with Crippen molar-refractivity contribution >= 4 is 17.6 Å². The Labute approximate surface area is 212 Å². The van der Waals surface area contributed by atoms with Crippen molar-refractivity contribution in [3.05, 3.63) is 95.6 Å². The van der Waals surface area contributed by atoms with Crippen LogP contribution >= 0.6 is 0 Å². The van der Waals surface area contributed by atoms with Crippen LogP contribution in [0.15, 0.2) is 78.9 Å². The van der Waals surface area contributed by atoms with Gasteiger partial charge in [0.2, 0.25) is 5.91 Å². The summed E-state index contributed by atoms with van der Waals surface area (Å²) in [5, 5.41) is 12.5. The number of carboxylic acids is 1. The highest BCUT2D eigenvalue weighted by Gasteiger charge is 2.29. The fourth-order valence-corrected chi connectivity index (χ4v) is 4.55. The van der Waals surface area contributed by atoms with E-state index in [2.05, 4.69) is 28.4 Å². The molecule has 4 rings (SSSR count). The molecule has 0 aromatic heterocycles. The number of piperidine rings is 1. The zero-order chi connectivity index (χ0) is 25.5. The minimum absolute atomic E-state index is 0.0863. The third-order valence-electron chi connectivity index (χ3n) is 6.56. The molecule has 1 amide bonds. The van der Waals surface area contributed by atoms with E-state index in [1.807, 2.05) is 36.4 Å². The highest BCUT2D eigenvalue weighted by atomic mass is 16.5. The first-order valence-electron chi connectivity index (χ1n) is 12.5. The molecule has 188 valence electrons. The molecular weight excluding hydrogens is 452 g/mol. The van der Waals surface area contributed by atoms with Crippen molar-refractivity contribution in [2.24, 2.45) is 0 Å². The summed E-state index contributed by atoms with van der Waals surface area (Å²) in [5.41, 5.74) is 2.80. The van der Waals surface area contributed by atoms with E-state index >= 15 is 0 Å². The number of para-hydroxylation sites is 1. The van der Waals surface area contributed by atoms with Crippen molar-refractivity contribution < 1.29 is 19.4 Å². The first-order chi connectivity index (χ1) is 17.3. The molecule has 1 saturated heterocycles. The van der Waals surface area contributed by atoms with E-state index in [0.717, 1.165) is 29.8 Å². The molecule has 0 spiro atoms. The molecule has 1 aliphatic heterocycles. The largest absolute Gasteiger partial charge is 0.478 e.